The number of likely N-dealkylation sites (tertiary alicyclic amines) is 1. The molecule has 2 amide bonds. The molecule has 0 saturated carbocycles. The van der Waals surface area contributed by atoms with Crippen molar-refractivity contribution in [3.8, 4) is 0 Å². The zero-order valence-electron chi connectivity index (χ0n) is 15.3. The molecule has 1 fully saturated rings. The molecular formula is C17H33N3O3. The second kappa shape index (κ2) is 9.75. The normalized spacial score (nSPS) is 17.8. The van der Waals surface area contributed by atoms with Gasteiger partial charge in [-0.2, -0.15) is 0 Å². The van der Waals surface area contributed by atoms with Gasteiger partial charge in [0.2, 0.25) is 5.91 Å². The van der Waals surface area contributed by atoms with Gasteiger partial charge in [-0.25, -0.2) is 4.79 Å². The van der Waals surface area contributed by atoms with Gasteiger partial charge in [0.15, 0.2) is 0 Å². The zero-order valence-corrected chi connectivity index (χ0v) is 15.3. The molecule has 1 rings (SSSR count). The maximum atomic E-state index is 11.8. The molecule has 1 saturated heterocycles. The van der Waals surface area contributed by atoms with Crippen LogP contribution in [0.2, 0.25) is 0 Å². The molecule has 6 heteroatoms. The predicted octanol–water partition coefficient (Wildman–Crippen LogP) is 1.95. The number of carbonyl (C=O) groups is 2. The Morgan fingerprint density at radius 2 is 1.83 bits per heavy atom. The standard InChI is InChI=1S/C17H33N3O3/c1-13(2)10-14(3)23-17(22)18-11-15-6-8-20(9-7-15)12-16(21)19(4)5/h13-15H,6-12H2,1-5H3,(H,18,22)/t14-/m0/s1. The summed E-state index contributed by atoms with van der Waals surface area (Å²) in [6.45, 7) is 9.12. The number of amides is 2. The minimum atomic E-state index is -0.316. The molecule has 0 aliphatic carbocycles. The Labute approximate surface area is 140 Å². The number of piperidine rings is 1. The largest absolute Gasteiger partial charge is 0.447 e. The van der Waals surface area contributed by atoms with Crippen LogP contribution in [0.5, 0.6) is 0 Å². The Balaban J connectivity index is 2.18. The van der Waals surface area contributed by atoms with Crippen LogP contribution in [0.25, 0.3) is 0 Å². The number of likely N-dealkylation sites (N-methyl/N-ethyl adjacent to an activating group) is 1. The quantitative estimate of drug-likeness (QED) is 0.776. The third-order valence-corrected chi connectivity index (χ3v) is 4.21. The van der Waals surface area contributed by atoms with E-state index in [0.29, 0.717) is 24.9 Å². The topological polar surface area (TPSA) is 61.9 Å². The van der Waals surface area contributed by atoms with E-state index in [1.54, 1.807) is 19.0 Å². The number of carbonyl (C=O) groups excluding carboxylic acids is 2. The lowest BCUT2D eigenvalue weighted by molar-refractivity contribution is -0.130. The van der Waals surface area contributed by atoms with Crippen LogP contribution < -0.4 is 5.32 Å². The first-order chi connectivity index (χ1) is 10.8. The van der Waals surface area contributed by atoms with Gasteiger partial charge in [-0.3, -0.25) is 9.69 Å². The number of alkyl carbamates (subject to hydrolysis) is 1. The number of nitrogens with zero attached hydrogens (tertiary/aromatic N) is 2. The minimum absolute atomic E-state index is 0.0473. The van der Waals surface area contributed by atoms with Gasteiger partial charge in [-0.1, -0.05) is 13.8 Å². The molecule has 0 radical (unpaired) electrons. The Bertz CT molecular complexity index is 377. The van der Waals surface area contributed by atoms with Crippen molar-refractivity contribution in [1.82, 2.24) is 15.1 Å². The van der Waals surface area contributed by atoms with Crippen LogP contribution in [0, 0.1) is 11.8 Å². The van der Waals surface area contributed by atoms with Crippen LogP contribution in [-0.2, 0) is 9.53 Å². The lowest BCUT2D eigenvalue weighted by Crippen LogP contribution is -2.43. The molecule has 0 unspecified atom stereocenters. The van der Waals surface area contributed by atoms with Crippen molar-refractivity contribution in [3.63, 3.8) is 0 Å². The van der Waals surface area contributed by atoms with Gasteiger partial charge in [-0.15, -0.1) is 0 Å². The summed E-state index contributed by atoms with van der Waals surface area (Å²) < 4.78 is 5.34. The maximum absolute atomic E-state index is 11.8. The Morgan fingerprint density at radius 3 is 2.35 bits per heavy atom. The van der Waals surface area contributed by atoms with E-state index in [1.807, 2.05) is 6.92 Å². The average molecular weight is 327 g/mol. The fourth-order valence-electron chi connectivity index (χ4n) is 2.85. The van der Waals surface area contributed by atoms with E-state index in [4.69, 9.17) is 4.74 Å². The van der Waals surface area contributed by atoms with Gasteiger partial charge < -0.3 is 15.0 Å². The number of hydrogen-bond donors (Lipinski definition) is 1. The molecule has 6 nitrogen and oxygen atoms in total. The highest BCUT2D eigenvalue weighted by Crippen LogP contribution is 2.16. The molecule has 1 N–H and O–H groups in total. The van der Waals surface area contributed by atoms with E-state index in [0.717, 1.165) is 32.4 Å². The van der Waals surface area contributed by atoms with Gasteiger partial charge >= 0.3 is 6.09 Å². The first-order valence-corrected chi connectivity index (χ1v) is 8.65. The van der Waals surface area contributed by atoms with Crippen LogP contribution in [-0.4, -0.2) is 68.2 Å². The molecule has 23 heavy (non-hydrogen) atoms. The summed E-state index contributed by atoms with van der Waals surface area (Å²) in [5.41, 5.74) is 0. The lowest BCUT2D eigenvalue weighted by atomic mass is 9.97. The molecular weight excluding hydrogens is 294 g/mol. The lowest BCUT2D eigenvalue weighted by Gasteiger charge is -2.32. The third kappa shape index (κ3) is 8.21. The molecule has 1 atom stereocenters. The second-order valence-corrected chi connectivity index (χ2v) is 7.23. The number of nitrogens with one attached hydrogen (secondary N) is 1. The van der Waals surface area contributed by atoms with Crippen LogP contribution in [0.15, 0.2) is 0 Å². The van der Waals surface area contributed by atoms with Gasteiger partial charge in [0.25, 0.3) is 0 Å². The molecule has 0 bridgehead atoms. The molecule has 0 aromatic rings. The third-order valence-electron chi connectivity index (χ3n) is 4.21. The summed E-state index contributed by atoms with van der Waals surface area (Å²) in [6, 6.07) is 0. The molecule has 1 heterocycles. The van der Waals surface area contributed by atoms with Crippen molar-refractivity contribution in [2.45, 2.75) is 46.1 Å². The van der Waals surface area contributed by atoms with Crippen molar-refractivity contribution in [1.29, 1.82) is 0 Å². The van der Waals surface area contributed by atoms with Gasteiger partial charge in [0.05, 0.1) is 6.54 Å². The highest BCUT2D eigenvalue weighted by atomic mass is 16.6. The summed E-state index contributed by atoms with van der Waals surface area (Å²) in [4.78, 5) is 27.3. The van der Waals surface area contributed by atoms with Gasteiger partial charge in [0, 0.05) is 20.6 Å². The van der Waals surface area contributed by atoms with E-state index in [9.17, 15) is 9.59 Å². The first-order valence-electron chi connectivity index (χ1n) is 8.65. The summed E-state index contributed by atoms with van der Waals surface area (Å²) >= 11 is 0. The van der Waals surface area contributed by atoms with Crippen molar-refractivity contribution >= 4 is 12.0 Å². The number of rotatable bonds is 7. The van der Waals surface area contributed by atoms with Crippen LogP contribution in [0.4, 0.5) is 4.79 Å². The summed E-state index contributed by atoms with van der Waals surface area (Å²) in [7, 11) is 3.57. The second-order valence-electron chi connectivity index (χ2n) is 7.23. The van der Waals surface area contributed by atoms with Crippen LogP contribution >= 0.6 is 0 Å². The molecule has 0 spiro atoms. The van der Waals surface area contributed by atoms with E-state index >= 15 is 0 Å². The minimum Gasteiger partial charge on any atom is -0.447 e. The molecule has 134 valence electrons. The van der Waals surface area contributed by atoms with E-state index in [1.165, 1.54) is 0 Å². The molecule has 1 aliphatic rings. The number of ether oxygens (including phenoxy) is 1. The van der Waals surface area contributed by atoms with Crippen LogP contribution in [0.1, 0.15) is 40.0 Å². The average Bonchev–Trinajstić information content (AvgIpc) is 2.45. The fraction of sp³-hybridized carbons (Fsp3) is 0.882. The van der Waals surface area contributed by atoms with Crippen molar-refractivity contribution < 1.29 is 14.3 Å². The summed E-state index contributed by atoms with van der Waals surface area (Å²) in [5.74, 6) is 1.13. The summed E-state index contributed by atoms with van der Waals surface area (Å²) in [5, 5.41) is 2.88. The Morgan fingerprint density at radius 1 is 1.22 bits per heavy atom. The fourth-order valence-corrected chi connectivity index (χ4v) is 2.85. The van der Waals surface area contributed by atoms with Crippen molar-refractivity contribution in [2.75, 3.05) is 40.3 Å². The van der Waals surface area contributed by atoms with Crippen molar-refractivity contribution in [3.05, 3.63) is 0 Å². The SMILES string of the molecule is CC(C)C[C@H](C)OC(=O)NCC1CCN(CC(=O)N(C)C)CC1. The highest BCUT2D eigenvalue weighted by molar-refractivity contribution is 5.77. The van der Waals surface area contributed by atoms with E-state index < -0.39 is 0 Å². The number of hydrogen-bond acceptors (Lipinski definition) is 4. The first kappa shape index (κ1) is 19.7. The van der Waals surface area contributed by atoms with Gasteiger partial charge in [-0.05, 0) is 51.1 Å². The molecule has 1 aliphatic heterocycles. The monoisotopic (exact) mass is 327 g/mol. The van der Waals surface area contributed by atoms with Crippen molar-refractivity contribution in [2.24, 2.45) is 11.8 Å². The highest BCUT2D eigenvalue weighted by Gasteiger charge is 2.22. The van der Waals surface area contributed by atoms with E-state index in [-0.39, 0.29) is 18.1 Å². The van der Waals surface area contributed by atoms with Gasteiger partial charge in [0.1, 0.15) is 6.10 Å². The Hall–Kier alpha value is -1.30. The Kier molecular flexibility index (Phi) is 8.37. The van der Waals surface area contributed by atoms with E-state index in [2.05, 4.69) is 24.1 Å². The predicted molar refractivity (Wildman–Crippen MR) is 91.3 cm³/mol. The maximum Gasteiger partial charge on any atom is 0.407 e. The zero-order chi connectivity index (χ0) is 17.4. The summed E-state index contributed by atoms with van der Waals surface area (Å²) in [6.07, 6.45) is 2.52. The molecule has 0 aromatic carbocycles. The molecule has 0 aromatic heterocycles. The van der Waals surface area contributed by atoms with Crippen LogP contribution in [0.3, 0.4) is 0 Å². The smallest absolute Gasteiger partial charge is 0.407 e.